The van der Waals surface area contributed by atoms with Crippen molar-refractivity contribution in [3.8, 4) is 11.5 Å². The van der Waals surface area contributed by atoms with Crippen molar-refractivity contribution < 1.29 is 13.2 Å². The molecule has 0 saturated heterocycles. The molecule has 0 saturated carbocycles. The largest absolute Gasteiger partial charge is 0.454 e. The van der Waals surface area contributed by atoms with Gasteiger partial charge >= 0.3 is 0 Å². The van der Waals surface area contributed by atoms with Crippen molar-refractivity contribution in [2.45, 2.75) is 11.4 Å². The maximum absolute atomic E-state index is 12.7. The van der Waals surface area contributed by atoms with E-state index in [1.807, 2.05) is 0 Å². The molecule has 4 rings (SSSR count). The molecule has 2 N–H and O–H groups in total. The maximum Gasteiger partial charge on any atom is 0.266 e. The van der Waals surface area contributed by atoms with E-state index in [4.69, 9.17) is 39.5 Å². The topological polar surface area (TPSA) is 79.8 Å². The molecule has 0 spiro atoms. The smallest absolute Gasteiger partial charge is 0.266 e. The molecule has 0 aliphatic carbocycles. The summed E-state index contributed by atoms with van der Waals surface area (Å²) in [4.78, 5) is 4.34. The number of hydrogen-bond acceptors (Lipinski definition) is 4. The molecule has 1 heterocycles. The number of fused-ring (bicyclic) bond motifs is 1. The van der Waals surface area contributed by atoms with Crippen LogP contribution in [0.3, 0.4) is 0 Å². The van der Waals surface area contributed by atoms with Crippen LogP contribution in [0.4, 0.5) is 5.69 Å². The summed E-state index contributed by atoms with van der Waals surface area (Å²) in [7, 11) is -3.85. The first-order valence-corrected chi connectivity index (χ1v) is 11.3. The average Bonchev–Trinajstić information content (AvgIpc) is 2.71. The first kappa shape index (κ1) is 20.8. The van der Waals surface area contributed by atoms with Crippen LogP contribution in [0.2, 0.25) is 15.1 Å². The second-order valence-electron chi connectivity index (χ2n) is 6.27. The normalized spacial score (nSPS) is 15.8. The molecule has 3 aromatic carbocycles. The number of nitrogens with zero attached hydrogens (tertiary/aromatic N) is 1. The highest BCUT2D eigenvalue weighted by atomic mass is 35.5. The minimum absolute atomic E-state index is 0.0341. The summed E-state index contributed by atoms with van der Waals surface area (Å²) < 4.78 is 33.7. The van der Waals surface area contributed by atoms with Crippen molar-refractivity contribution in [2.24, 2.45) is 4.99 Å². The molecule has 0 amide bonds. The van der Waals surface area contributed by atoms with Gasteiger partial charge in [-0.05, 0) is 35.9 Å². The second-order valence-corrected chi connectivity index (χ2v) is 9.11. The van der Waals surface area contributed by atoms with Crippen molar-refractivity contribution in [3.63, 3.8) is 0 Å². The zero-order chi connectivity index (χ0) is 21.3. The van der Waals surface area contributed by atoms with Gasteiger partial charge in [0, 0.05) is 0 Å². The monoisotopic (exact) mass is 481 g/mol. The third-order valence-corrected chi connectivity index (χ3v) is 6.80. The molecule has 10 heteroatoms. The van der Waals surface area contributed by atoms with E-state index in [9.17, 15) is 8.42 Å². The minimum atomic E-state index is -3.85. The summed E-state index contributed by atoms with van der Waals surface area (Å²) in [5, 5.41) is 4.14. The Kier molecular flexibility index (Phi) is 5.79. The van der Waals surface area contributed by atoms with E-state index >= 15 is 0 Å². The lowest BCUT2D eigenvalue weighted by atomic mass is 10.2. The third-order valence-electron chi connectivity index (χ3n) is 4.25. The summed E-state index contributed by atoms with van der Waals surface area (Å²) in [6.45, 7) is 0.118. The number of rotatable bonds is 4. The van der Waals surface area contributed by atoms with E-state index in [0.29, 0.717) is 32.1 Å². The fraction of sp³-hybridized carbons (Fsp3) is 0.0500. The van der Waals surface area contributed by atoms with E-state index in [1.54, 1.807) is 54.6 Å². The molecule has 0 atom stereocenters. The lowest BCUT2D eigenvalue weighted by molar-refractivity contribution is 0.483. The summed E-state index contributed by atoms with van der Waals surface area (Å²) in [6, 6.07) is 16.8. The predicted octanol–water partition coefficient (Wildman–Crippen LogP) is 5.70. The van der Waals surface area contributed by atoms with Gasteiger partial charge in [-0.3, -0.25) is 0 Å². The summed E-state index contributed by atoms with van der Waals surface area (Å²) in [5.74, 6) is 0.724. The van der Waals surface area contributed by atoms with Crippen molar-refractivity contribution in [1.82, 2.24) is 4.72 Å². The van der Waals surface area contributed by atoms with Gasteiger partial charge in [0.25, 0.3) is 10.0 Å². The Morgan fingerprint density at radius 3 is 2.37 bits per heavy atom. The van der Waals surface area contributed by atoms with Crippen LogP contribution < -0.4 is 14.8 Å². The Balaban J connectivity index is 1.69. The molecule has 30 heavy (non-hydrogen) atoms. The lowest BCUT2D eigenvalue weighted by Gasteiger charge is -2.23. The number of ether oxygens (including phenoxy) is 1. The Hall–Kier alpha value is -2.45. The van der Waals surface area contributed by atoms with Gasteiger partial charge < -0.3 is 10.1 Å². The first-order chi connectivity index (χ1) is 14.3. The SMILES string of the molecule is O=S1(=O)NC(=NCc2cccc(Cl)c2Cl)Nc2c(Oc3ccccc3Cl)cccc21. The van der Waals surface area contributed by atoms with E-state index in [2.05, 4.69) is 15.0 Å². The molecule has 0 unspecified atom stereocenters. The van der Waals surface area contributed by atoms with Gasteiger partial charge in [-0.2, -0.15) is 0 Å². The number of nitrogens with one attached hydrogen (secondary N) is 2. The van der Waals surface area contributed by atoms with Crippen molar-refractivity contribution in [1.29, 1.82) is 0 Å². The highest BCUT2D eigenvalue weighted by Gasteiger charge is 2.29. The van der Waals surface area contributed by atoms with Crippen LogP contribution in [0.15, 0.2) is 70.6 Å². The number of para-hydroxylation sites is 2. The Bertz CT molecular complexity index is 1260. The standard InChI is InChI=1S/C20H14Cl3N3O3S/c21-13-6-1-2-8-15(13)29-16-9-4-10-17-19(16)25-20(26-30(17,27)28)24-11-12-5-3-7-14(22)18(12)23/h1-10H,11H2,(H2,24,25,26). The van der Waals surface area contributed by atoms with Crippen LogP contribution in [0, 0.1) is 0 Å². The average molecular weight is 483 g/mol. The van der Waals surface area contributed by atoms with Crippen LogP contribution >= 0.6 is 34.8 Å². The molecule has 6 nitrogen and oxygen atoms in total. The number of benzene rings is 3. The molecule has 1 aliphatic heterocycles. The molecule has 1 aliphatic rings. The molecule has 0 bridgehead atoms. The van der Waals surface area contributed by atoms with Crippen LogP contribution in [0.5, 0.6) is 11.5 Å². The molecule has 0 radical (unpaired) electrons. The number of aliphatic imine (C=N–C) groups is 1. The first-order valence-electron chi connectivity index (χ1n) is 8.68. The second kappa shape index (κ2) is 8.35. The third kappa shape index (κ3) is 4.20. The Morgan fingerprint density at radius 1 is 0.867 bits per heavy atom. The highest BCUT2D eigenvalue weighted by molar-refractivity contribution is 7.90. The van der Waals surface area contributed by atoms with E-state index in [1.165, 1.54) is 6.07 Å². The molecule has 0 aromatic heterocycles. The number of sulfonamides is 1. The van der Waals surface area contributed by atoms with E-state index < -0.39 is 10.0 Å². The van der Waals surface area contributed by atoms with Gasteiger partial charge in [-0.15, -0.1) is 0 Å². The number of guanidine groups is 1. The Morgan fingerprint density at radius 2 is 1.57 bits per heavy atom. The quantitative estimate of drug-likeness (QED) is 0.500. The molecule has 0 fully saturated rings. The number of hydrogen-bond donors (Lipinski definition) is 2. The molecule has 154 valence electrons. The van der Waals surface area contributed by atoms with Crippen LogP contribution in [-0.2, 0) is 16.6 Å². The molecule has 3 aromatic rings. The molecular formula is C20H14Cl3N3O3S. The molecular weight excluding hydrogens is 469 g/mol. The van der Waals surface area contributed by atoms with Crippen molar-refractivity contribution in [3.05, 3.63) is 81.3 Å². The zero-order valence-electron chi connectivity index (χ0n) is 15.2. The van der Waals surface area contributed by atoms with E-state index in [0.717, 1.165) is 0 Å². The summed E-state index contributed by atoms with van der Waals surface area (Å²) in [5.41, 5.74) is 0.913. The summed E-state index contributed by atoms with van der Waals surface area (Å²) >= 11 is 18.4. The van der Waals surface area contributed by atoms with Gasteiger partial charge in [0.2, 0.25) is 5.96 Å². The fourth-order valence-electron chi connectivity index (χ4n) is 2.82. The summed E-state index contributed by atoms with van der Waals surface area (Å²) in [6.07, 6.45) is 0. The van der Waals surface area contributed by atoms with Gasteiger partial charge in [-0.1, -0.05) is 65.1 Å². The maximum atomic E-state index is 12.7. The number of halogens is 3. The van der Waals surface area contributed by atoms with Crippen molar-refractivity contribution >= 4 is 56.5 Å². The minimum Gasteiger partial charge on any atom is -0.454 e. The lowest BCUT2D eigenvalue weighted by Crippen LogP contribution is -2.40. The zero-order valence-corrected chi connectivity index (χ0v) is 18.3. The van der Waals surface area contributed by atoms with Gasteiger partial charge in [0.15, 0.2) is 5.75 Å². The van der Waals surface area contributed by atoms with Gasteiger partial charge in [0.1, 0.15) is 16.3 Å². The highest BCUT2D eigenvalue weighted by Crippen LogP contribution is 2.38. The van der Waals surface area contributed by atoms with E-state index in [-0.39, 0.29) is 23.1 Å². The van der Waals surface area contributed by atoms with Crippen LogP contribution in [-0.4, -0.2) is 14.4 Å². The predicted molar refractivity (Wildman–Crippen MR) is 120 cm³/mol. The van der Waals surface area contributed by atoms with Gasteiger partial charge in [0.05, 0.1) is 21.6 Å². The van der Waals surface area contributed by atoms with Crippen LogP contribution in [0.25, 0.3) is 0 Å². The van der Waals surface area contributed by atoms with Crippen LogP contribution in [0.1, 0.15) is 5.56 Å². The Labute approximate surface area is 188 Å². The van der Waals surface area contributed by atoms with Gasteiger partial charge in [-0.25, -0.2) is 18.1 Å². The van der Waals surface area contributed by atoms with Crippen molar-refractivity contribution in [2.75, 3.05) is 5.32 Å². The fourth-order valence-corrected chi connectivity index (χ4v) is 4.53. The number of anilines is 1.